The molecule has 0 bridgehead atoms. The number of carbonyl (C=O) groups is 2. The van der Waals surface area contributed by atoms with Crippen molar-refractivity contribution in [2.75, 3.05) is 17.1 Å². The van der Waals surface area contributed by atoms with E-state index < -0.39 is 34.1 Å². The van der Waals surface area contributed by atoms with E-state index in [1.807, 2.05) is 71.0 Å². The smallest absolute Gasteiger partial charge is 0.244 e. The van der Waals surface area contributed by atoms with Crippen LogP contribution in [0.4, 0.5) is 5.69 Å². The number of sulfonamides is 1. The number of benzene rings is 3. The largest absolute Gasteiger partial charge is 0.350 e. The average Bonchev–Trinajstić information content (AvgIpc) is 2.86. The van der Waals surface area contributed by atoms with Crippen LogP contribution in [0, 0.1) is 13.8 Å². The van der Waals surface area contributed by atoms with Gasteiger partial charge in [0.05, 0.1) is 11.9 Å². The van der Waals surface area contributed by atoms with Gasteiger partial charge in [0, 0.05) is 23.5 Å². The maximum Gasteiger partial charge on any atom is 0.244 e. The highest BCUT2D eigenvalue weighted by atomic mass is 35.5. The summed E-state index contributed by atoms with van der Waals surface area (Å²) in [5.41, 5.74) is 3.40. The molecule has 0 spiro atoms. The van der Waals surface area contributed by atoms with Gasteiger partial charge in [0.15, 0.2) is 0 Å². The molecule has 0 saturated heterocycles. The Bertz CT molecular complexity index is 1440. The van der Waals surface area contributed by atoms with Crippen molar-refractivity contribution in [2.45, 2.75) is 59.2 Å². The minimum absolute atomic E-state index is 0.0929. The van der Waals surface area contributed by atoms with Crippen LogP contribution in [-0.2, 0) is 32.6 Å². The molecule has 0 aliphatic heterocycles. The monoisotopic (exact) mass is 583 g/mol. The molecule has 0 saturated carbocycles. The van der Waals surface area contributed by atoms with Gasteiger partial charge >= 0.3 is 0 Å². The van der Waals surface area contributed by atoms with Gasteiger partial charge in [-0.05, 0) is 81.1 Å². The van der Waals surface area contributed by atoms with E-state index in [4.69, 9.17) is 11.6 Å². The normalized spacial score (nSPS) is 12.5. The van der Waals surface area contributed by atoms with Gasteiger partial charge in [-0.25, -0.2) is 8.42 Å². The molecule has 3 rings (SSSR count). The lowest BCUT2D eigenvalue weighted by Crippen LogP contribution is -2.56. The quantitative estimate of drug-likeness (QED) is 0.352. The number of amides is 2. The lowest BCUT2D eigenvalue weighted by atomic mass is 10.0. The van der Waals surface area contributed by atoms with Crippen molar-refractivity contribution in [3.05, 3.63) is 100 Å². The van der Waals surface area contributed by atoms with Crippen molar-refractivity contribution >= 4 is 39.1 Å². The Labute approximate surface area is 243 Å². The van der Waals surface area contributed by atoms with Gasteiger partial charge in [0.1, 0.15) is 12.6 Å². The van der Waals surface area contributed by atoms with Crippen LogP contribution in [0.5, 0.6) is 0 Å². The molecule has 3 aromatic rings. The lowest BCUT2D eigenvalue weighted by molar-refractivity contribution is -0.140. The van der Waals surface area contributed by atoms with E-state index in [9.17, 15) is 18.0 Å². The summed E-state index contributed by atoms with van der Waals surface area (Å²) in [6.07, 6.45) is 1.33. The molecule has 0 aromatic heterocycles. The van der Waals surface area contributed by atoms with Crippen molar-refractivity contribution in [1.82, 2.24) is 10.2 Å². The topological polar surface area (TPSA) is 86.8 Å². The van der Waals surface area contributed by atoms with Crippen LogP contribution in [0.15, 0.2) is 72.8 Å². The zero-order valence-corrected chi connectivity index (χ0v) is 25.5. The average molecular weight is 584 g/mol. The first kappa shape index (κ1) is 31.2. The second-order valence-electron chi connectivity index (χ2n) is 11.1. The number of rotatable bonds is 10. The van der Waals surface area contributed by atoms with E-state index in [0.717, 1.165) is 32.8 Å². The second-order valence-corrected chi connectivity index (χ2v) is 13.5. The maximum atomic E-state index is 14.1. The molecule has 9 heteroatoms. The fourth-order valence-corrected chi connectivity index (χ4v) is 5.26. The summed E-state index contributed by atoms with van der Waals surface area (Å²) < 4.78 is 26.9. The Morgan fingerprint density at radius 3 is 2.08 bits per heavy atom. The minimum Gasteiger partial charge on any atom is -0.350 e. The molecule has 0 heterocycles. The lowest BCUT2D eigenvalue weighted by Gasteiger charge is -2.35. The molecule has 40 heavy (non-hydrogen) atoms. The molecule has 0 radical (unpaired) electrons. The predicted octanol–water partition coefficient (Wildman–Crippen LogP) is 5.28. The molecular weight excluding hydrogens is 546 g/mol. The van der Waals surface area contributed by atoms with E-state index in [1.165, 1.54) is 4.90 Å². The van der Waals surface area contributed by atoms with Crippen LogP contribution in [0.25, 0.3) is 0 Å². The highest BCUT2D eigenvalue weighted by molar-refractivity contribution is 7.92. The van der Waals surface area contributed by atoms with E-state index >= 15 is 0 Å². The van der Waals surface area contributed by atoms with E-state index in [-0.39, 0.29) is 18.9 Å². The maximum absolute atomic E-state index is 14.1. The molecule has 0 unspecified atom stereocenters. The Kier molecular flexibility index (Phi) is 10.0. The van der Waals surface area contributed by atoms with Gasteiger partial charge in [-0.2, -0.15) is 0 Å². The second kappa shape index (κ2) is 12.9. The van der Waals surface area contributed by atoms with Crippen LogP contribution < -0.4 is 9.62 Å². The summed E-state index contributed by atoms with van der Waals surface area (Å²) in [5.74, 6) is -0.820. The number of nitrogens with one attached hydrogen (secondary N) is 1. The standard InChI is InChI=1S/C31H38ClN3O4S/c1-22-12-17-27(18-23(22)2)35(40(6,38)39)21-29(36)34(20-25-13-15-26(32)16-14-25)28(30(37)33-31(3,4)5)19-24-10-8-7-9-11-24/h7-18,28H,19-21H2,1-6H3,(H,33,37)/t28-/m1/s1. The number of nitrogens with zero attached hydrogens (tertiary/aromatic N) is 2. The van der Waals surface area contributed by atoms with Crippen molar-refractivity contribution < 1.29 is 18.0 Å². The van der Waals surface area contributed by atoms with Gasteiger partial charge in [0.25, 0.3) is 0 Å². The summed E-state index contributed by atoms with van der Waals surface area (Å²) in [7, 11) is -3.82. The predicted molar refractivity (Wildman–Crippen MR) is 162 cm³/mol. The third-order valence-electron chi connectivity index (χ3n) is 6.49. The Balaban J connectivity index is 2.08. The Hall–Kier alpha value is -3.36. The summed E-state index contributed by atoms with van der Waals surface area (Å²) >= 11 is 6.10. The number of aryl methyl sites for hydroxylation is 2. The third kappa shape index (κ3) is 8.83. The van der Waals surface area contributed by atoms with Gasteiger partial charge in [-0.15, -0.1) is 0 Å². The van der Waals surface area contributed by atoms with Crippen LogP contribution in [-0.4, -0.2) is 49.5 Å². The van der Waals surface area contributed by atoms with Gasteiger partial charge in [0.2, 0.25) is 21.8 Å². The number of halogens is 1. The van der Waals surface area contributed by atoms with E-state index in [0.29, 0.717) is 10.7 Å². The molecule has 3 aromatic carbocycles. The van der Waals surface area contributed by atoms with Crippen molar-refractivity contribution in [2.24, 2.45) is 0 Å². The molecule has 1 atom stereocenters. The highest BCUT2D eigenvalue weighted by Crippen LogP contribution is 2.23. The fraction of sp³-hybridized carbons (Fsp3) is 0.355. The zero-order chi connectivity index (χ0) is 29.7. The van der Waals surface area contributed by atoms with Crippen molar-refractivity contribution in [3.63, 3.8) is 0 Å². The first-order valence-corrected chi connectivity index (χ1v) is 15.3. The molecule has 1 N–H and O–H groups in total. The minimum atomic E-state index is -3.82. The Morgan fingerprint density at radius 2 is 1.52 bits per heavy atom. The molecule has 0 aliphatic carbocycles. The molecular formula is C31H38ClN3O4S. The molecule has 2 amide bonds. The number of anilines is 1. The van der Waals surface area contributed by atoms with Gasteiger partial charge in [-0.1, -0.05) is 60.1 Å². The summed E-state index contributed by atoms with van der Waals surface area (Å²) in [6.45, 7) is 9.09. The summed E-state index contributed by atoms with van der Waals surface area (Å²) in [5, 5.41) is 3.56. The first-order chi connectivity index (χ1) is 18.6. The first-order valence-electron chi connectivity index (χ1n) is 13.1. The van der Waals surface area contributed by atoms with Gasteiger partial charge in [-0.3, -0.25) is 13.9 Å². The van der Waals surface area contributed by atoms with Crippen LogP contribution in [0.1, 0.15) is 43.0 Å². The molecule has 7 nitrogen and oxygen atoms in total. The zero-order valence-electron chi connectivity index (χ0n) is 23.9. The van der Waals surface area contributed by atoms with E-state index in [2.05, 4.69) is 5.32 Å². The number of hydrogen-bond donors (Lipinski definition) is 1. The molecule has 0 fully saturated rings. The summed E-state index contributed by atoms with van der Waals surface area (Å²) in [6, 6.07) is 20.8. The van der Waals surface area contributed by atoms with Crippen LogP contribution in [0.3, 0.4) is 0 Å². The van der Waals surface area contributed by atoms with Crippen molar-refractivity contribution in [3.8, 4) is 0 Å². The molecule has 0 aliphatic rings. The highest BCUT2D eigenvalue weighted by Gasteiger charge is 2.34. The van der Waals surface area contributed by atoms with Crippen LogP contribution >= 0.6 is 11.6 Å². The van der Waals surface area contributed by atoms with Gasteiger partial charge < -0.3 is 10.2 Å². The summed E-state index contributed by atoms with van der Waals surface area (Å²) in [4.78, 5) is 29.3. The molecule has 214 valence electrons. The van der Waals surface area contributed by atoms with Crippen LogP contribution in [0.2, 0.25) is 5.02 Å². The SMILES string of the molecule is Cc1ccc(N(CC(=O)N(Cc2ccc(Cl)cc2)[C@H](Cc2ccccc2)C(=O)NC(C)(C)C)S(C)(=O)=O)cc1C. The number of hydrogen-bond acceptors (Lipinski definition) is 4. The van der Waals surface area contributed by atoms with Crippen molar-refractivity contribution in [1.29, 1.82) is 0 Å². The Morgan fingerprint density at radius 1 is 0.900 bits per heavy atom. The third-order valence-corrected chi connectivity index (χ3v) is 7.89. The fourth-order valence-electron chi connectivity index (χ4n) is 4.29. The van der Waals surface area contributed by atoms with E-state index in [1.54, 1.807) is 36.4 Å². The number of carbonyl (C=O) groups excluding carboxylic acids is 2.